The molecule has 0 saturated heterocycles. The van der Waals surface area contributed by atoms with E-state index in [9.17, 15) is 27.9 Å². The molecule has 7 nitrogen and oxygen atoms in total. The van der Waals surface area contributed by atoms with Gasteiger partial charge in [0.05, 0.1) is 22.0 Å². The molecule has 0 aliphatic carbocycles. The average Bonchev–Trinajstić information content (AvgIpc) is 2.87. The zero-order valence-electron chi connectivity index (χ0n) is 17.2. The van der Waals surface area contributed by atoms with Crippen LogP contribution in [0.15, 0.2) is 35.6 Å². The molecule has 0 aliphatic rings. The molecule has 0 bridgehead atoms. The lowest BCUT2D eigenvalue weighted by molar-refractivity contribution is -0.149. The number of imidazole rings is 1. The third-order valence-corrected chi connectivity index (χ3v) is 4.93. The Balaban J connectivity index is 2.18. The Labute approximate surface area is 181 Å². The van der Waals surface area contributed by atoms with Crippen LogP contribution in [0.4, 0.5) is 18.9 Å². The maximum Gasteiger partial charge on any atom is 0.416 e. The third-order valence-electron chi connectivity index (χ3n) is 4.62. The lowest BCUT2D eigenvalue weighted by atomic mass is 10.0. The van der Waals surface area contributed by atoms with Gasteiger partial charge < -0.3 is 15.2 Å². The molecule has 1 atom stereocenters. The van der Waals surface area contributed by atoms with Gasteiger partial charge in [0, 0.05) is 6.54 Å². The van der Waals surface area contributed by atoms with Crippen LogP contribution in [-0.2, 0) is 29.0 Å². The highest BCUT2D eigenvalue weighted by atomic mass is 35.5. The maximum absolute atomic E-state index is 12.8. The zero-order valence-corrected chi connectivity index (χ0v) is 17.9. The van der Waals surface area contributed by atoms with Crippen molar-refractivity contribution in [1.82, 2.24) is 9.13 Å². The van der Waals surface area contributed by atoms with Crippen LogP contribution >= 0.6 is 11.6 Å². The summed E-state index contributed by atoms with van der Waals surface area (Å²) in [5.41, 5.74) is -1.09. The molecule has 1 unspecified atom stereocenters. The summed E-state index contributed by atoms with van der Waals surface area (Å²) in [6, 6.07) is 1.76. The van der Waals surface area contributed by atoms with E-state index in [4.69, 9.17) is 16.3 Å². The number of hydrogen-bond donors (Lipinski definition) is 2. The van der Waals surface area contributed by atoms with Crippen molar-refractivity contribution >= 4 is 23.3 Å². The van der Waals surface area contributed by atoms with Crippen LogP contribution in [0.3, 0.4) is 0 Å². The first-order valence-corrected chi connectivity index (χ1v) is 9.66. The van der Waals surface area contributed by atoms with Gasteiger partial charge in [-0.15, -0.1) is 6.58 Å². The molecular weight excluding hydrogens is 439 g/mol. The first-order valence-electron chi connectivity index (χ1n) is 9.28. The average molecular weight is 462 g/mol. The molecular formula is C20H23ClF3N3O4. The maximum atomic E-state index is 12.8. The summed E-state index contributed by atoms with van der Waals surface area (Å²) >= 11 is 5.95. The number of alkyl halides is 3. The topological polar surface area (TPSA) is 85.5 Å². The molecule has 2 rings (SSSR count). The van der Waals surface area contributed by atoms with Crippen molar-refractivity contribution in [3.63, 3.8) is 0 Å². The van der Waals surface area contributed by atoms with Crippen LogP contribution in [0.25, 0.3) is 0 Å². The standard InChI is InChI=1S/C20H23ClF3N3O4/c1-5-8-26-12(4)17(28)27(19(26)30)10-31-18(29)16(11(2)3)25-15-7-6-13(9-14(15)21)20(22,23)24/h5-7,9,11,16,25,28H,1,8,10H2,2-4H3. The minimum Gasteiger partial charge on any atom is -0.493 e. The third kappa shape index (κ3) is 5.43. The van der Waals surface area contributed by atoms with Crippen molar-refractivity contribution in [1.29, 1.82) is 0 Å². The highest BCUT2D eigenvalue weighted by molar-refractivity contribution is 6.33. The van der Waals surface area contributed by atoms with Crippen molar-refractivity contribution in [3.05, 3.63) is 57.6 Å². The number of rotatable bonds is 8. The number of hydrogen-bond acceptors (Lipinski definition) is 5. The summed E-state index contributed by atoms with van der Waals surface area (Å²) < 4.78 is 45.8. The van der Waals surface area contributed by atoms with E-state index in [1.807, 2.05) is 0 Å². The molecule has 11 heteroatoms. The Morgan fingerprint density at radius 1 is 1.35 bits per heavy atom. The minimum absolute atomic E-state index is 0.123. The van der Waals surface area contributed by atoms with E-state index >= 15 is 0 Å². The van der Waals surface area contributed by atoms with Crippen molar-refractivity contribution < 1.29 is 27.8 Å². The Morgan fingerprint density at radius 3 is 2.52 bits per heavy atom. The summed E-state index contributed by atoms with van der Waals surface area (Å²) in [5, 5.41) is 12.7. The number of allylic oxidation sites excluding steroid dienone is 1. The Kier molecular flexibility index (Phi) is 7.48. The number of ether oxygens (including phenoxy) is 1. The summed E-state index contributed by atoms with van der Waals surface area (Å²) in [5.74, 6) is -1.45. The second-order valence-corrected chi connectivity index (χ2v) is 7.58. The molecule has 0 amide bonds. The lowest BCUT2D eigenvalue weighted by Crippen LogP contribution is -2.37. The lowest BCUT2D eigenvalue weighted by Gasteiger charge is -2.23. The van der Waals surface area contributed by atoms with E-state index in [-0.39, 0.29) is 34.7 Å². The highest BCUT2D eigenvalue weighted by Gasteiger charge is 2.32. The molecule has 31 heavy (non-hydrogen) atoms. The number of carbonyl (C=O) groups excluding carboxylic acids is 1. The number of aromatic nitrogens is 2. The Bertz CT molecular complexity index is 1030. The van der Waals surface area contributed by atoms with Gasteiger partial charge in [-0.25, -0.2) is 14.2 Å². The first-order chi connectivity index (χ1) is 14.4. The number of benzene rings is 1. The van der Waals surface area contributed by atoms with E-state index in [2.05, 4.69) is 11.9 Å². The first kappa shape index (κ1) is 24.4. The van der Waals surface area contributed by atoms with Crippen LogP contribution in [0, 0.1) is 12.8 Å². The number of halogens is 4. The van der Waals surface area contributed by atoms with Crippen molar-refractivity contribution in [3.8, 4) is 5.88 Å². The van der Waals surface area contributed by atoms with Gasteiger partial charge >= 0.3 is 17.8 Å². The summed E-state index contributed by atoms with van der Waals surface area (Å²) in [6.07, 6.45) is -3.06. The predicted molar refractivity (Wildman–Crippen MR) is 110 cm³/mol. The van der Waals surface area contributed by atoms with Gasteiger partial charge in [0.15, 0.2) is 6.73 Å². The quantitative estimate of drug-likeness (QED) is 0.455. The van der Waals surface area contributed by atoms with Crippen molar-refractivity contribution in [2.75, 3.05) is 5.32 Å². The molecule has 2 N–H and O–H groups in total. The molecule has 1 aromatic carbocycles. The second-order valence-electron chi connectivity index (χ2n) is 7.17. The van der Waals surface area contributed by atoms with E-state index < -0.39 is 36.2 Å². The fraction of sp³-hybridized carbons (Fsp3) is 0.400. The van der Waals surface area contributed by atoms with Gasteiger partial charge in [-0.05, 0) is 31.0 Å². The summed E-state index contributed by atoms with van der Waals surface area (Å²) in [4.78, 5) is 25.0. The Hall–Kier alpha value is -2.88. The number of carbonyl (C=O) groups is 1. The van der Waals surface area contributed by atoms with Gasteiger partial charge in [-0.3, -0.25) is 4.57 Å². The smallest absolute Gasteiger partial charge is 0.416 e. The number of aromatic hydroxyl groups is 1. The molecule has 0 radical (unpaired) electrons. The van der Waals surface area contributed by atoms with E-state index in [0.29, 0.717) is 0 Å². The molecule has 1 aromatic heterocycles. The second kappa shape index (κ2) is 9.51. The molecule has 0 aliphatic heterocycles. The fourth-order valence-electron chi connectivity index (χ4n) is 2.85. The number of anilines is 1. The van der Waals surface area contributed by atoms with Gasteiger partial charge in [-0.1, -0.05) is 31.5 Å². The van der Waals surface area contributed by atoms with Crippen LogP contribution in [0.1, 0.15) is 25.1 Å². The van der Waals surface area contributed by atoms with Gasteiger partial charge in [-0.2, -0.15) is 13.2 Å². The summed E-state index contributed by atoms with van der Waals surface area (Å²) in [6.45, 7) is 8.10. The highest BCUT2D eigenvalue weighted by Crippen LogP contribution is 2.34. The van der Waals surface area contributed by atoms with Gasteiger partial charge in [0.25, 0.3) is 0 Å². The van der Waals surface area contributed by atoms with E-state index in [1.165, 1.54) is 17.6 Å². The molecule has 1 heterocycles. The largest absolute Gasteiger partial charge is 0.493 e. The predicted octanol–water partition coefficient (Wildman–Crippen LogP) is 4.16. The van der Waals surface area contributed by atoms with Crippen molar-refractivity contribution in [2.45, 2.75) is 46.3 Å². The zero-order chi connectivity index (χ0) is 23.5. The van der Waals surface area contributed by atoms with E-state index in [1.54, 1.807) is 13.8 Å². The number of nitrogens with one attached hydrogen (secondary N) is 1. The molecule has 2 aromatic rings. The Morgan fingerprint density at radius 2 is 2.00 bits per heavy atom. The minimum atomic E-state index is -4.55. The SMILES string of the molecule is C=CCn1c(C)c(O)n(COC(=O)C(Nc2ccc(C(F)(F)F)cc2Cl)C(C)C)c1=O. The van der Waals surface area contributed by atoms with Crippen molar-refractivity contribution in [2.24, 2.45) is 5.92 Å². The van der Waals surface area contributed by atoms with E-state index in [0.717, 1.165) is 22.8 Å². The van der Waals surface area contributed by atoms with Crippen LogP contribution in [0.5, 0.6) is 5.88 Å². The monoisotopic (exact) mass is 461 g/mol. The molecule has 170 valence electrons. The number of nitrogens with zero attached hydrogens (tertiary/aromatic N) is 2. The van der Waals surface area contributed by atoms with Gasteiger partial charge in [0.1, 0.15) is 6.04 Å². The normalized spacial score (nSPS) is 12.6. The van der Waals surface area contributed by atoms with Crippen LogP contribution in [-0.4, -0.2) is 26.3 Å². The molecule has 0 saturated carbocycles. The summed E-state index contributed by atoms with van der Waals surface area (Å²) in [7, 11) is 0. The molecule has 0 fully saturated rings. The fourth-order valence-corrected chi connectivity index (χ4v) is 3.08. The van der Waals surface area contributed by atoms with Crippen LogP contribution in [0.2, 0.25) is 5.02 Å². The van der Waals surface area contributed by atoms with Gasteiger partial charge in [0.2, 0.25) is 5.88 Å². The van der Waals surface area contributed by atoms with Crippen LogP contribution < -0.4 is 11.0 Å². The molecule has 0 spiro atoms. The number of esters is 1.